The molecule has 152 valence electrons. The number of fused-ring (bicyclic) bond motifs is 3. The molecule has 0 spiro atoms. The van der Waals surface area contributed by atoms with Crippen LogP contribution in [-0.4, -0.2) is 24.5 Å². The van der Waals surface area contributed by atoms with Crippen LogP contribution in [0.15, 0.2) is 18.2 Å². The average molecular weight is 411 g/mol. The molecule has 6 nitrogen and oxygen atoms in total. The first-order valence-corrected chi connectivity index (χ1v) is 10.9. The van der Waals surface area contributed by atoms with Crippen molar-refractivity contribution in [3.8, 4) is 5.69 Å². The average Bonchev–Trinajstić information content (AvgIpc) is 3.18. The number of aromatic nitrogens is 5. The van der Waals surface area contributed by atoms with Gasteiger partial charge in [-0.25, -0.2) is 0 Å². The van der Waals surface area contributed by atoms with Gasteiger partial charge in [0.25, 0.3) is 0 Å². The van der Waals surface area contributed by atoms with E-state index in [-0.39, 0.29) is 0 Å². The zero-order chi connectivity index (χ0) is 20.1. The molecule has 0 saturated heterocycles. The fourth-order valence-electron chi connectivity index (χ4n) is 4.87. The van der Waals surface area contributed by atoms with Crippen molar-refractivity contribution < 1.29 is 0 Å². The summed E-state index contributed by atoms with van der Waals surface area (Å²) >= 11 is 6.24. The minimum Gasteiger partial charge on any atom is -0.306 e. The van der Waals surface area contributed by atoms with Crippen LogP contribution in [0.3, 0.4) is 0 Å². The van der Waals surface area contributed by atoms with Crippen LogP contribution in [0.5, 0.6) is 0 Å². The topological polar surface area (TPSA) is 60.6 Å². The molecule has 5 rings (SSSR count). The largest absolute Gasteiger partial charge is 0.306 e. The zero-order valence-electron chi connectivity index (χ0n) is 17.2. The second kappa shape index (κ2) is 7.26. The quantitative estimate of drug-likeness (QED) is 0.673. The molecular formula is C22H27ClN6. The molecule has 3 heterocycles. The van der Waals surface area contributed by atoms with Crippen molar-refractivity contribution in [2.45, 2.75) is 71.5 Å². The van der Waals surface area contributed by atoms with Gasteiger partial charge in [0.05, 0.1) is 24.0 Å². The Balaban J connectivity index is 1.43. The maximum atomic E-state index is 6.24. The van der Waals surface area contributed by atoms with Crippen molar-refractivity contribution in [3.05, 3.63) is 57.4 Å². The van der Waals surface area contributed by atoms with Crippen LogP contribution in [0.25, 0.3) is 5.69 Å². The molecule has 1 fully saturated rings. The highest BCUT2D eigenvalue weighted by Gasteiger charge is 2.30. The van der Waals surface area contributed by atoms with Gasteiger partial charge in [-0.15, -0.1) is 10.2 Å². The van der Waals surface area contributed by atoms with Crippen LogP contribution in [0, 0.1) is 20.8 Å². The van der Waals surface area contributed by atoms with Crippen LogP contribution < -0.4 is 5.32 Å². The number of rotatable bonds is 2. The zero-order valence-corrected chi connectivity index (χ0v) is 18.0. The van der Waals surface area contributed by atoms with Crippen molar-refractivity contribution in [1.29, 1.82) is 0 Å². The summed E-state index contributed by atoms with van der Waals surface area (Å²) < 4.78 is 4.52. The predicted octanol–water partition coefficient (Wildman–Crippen LogP) is 4.54. The Hall–Kier alpha value is -2.18. The SMILES string of the molecule is Cc1nn(C2CCC(c3nnc4n3-c3ccc(Cl)cc3CNC4)CC2)c(C)c1C. The lowest BCUT2D eigenvalue weighted by Crippen LogP contribution is -2.21. The molecule has 0 unspecified atom stereocenters. The number of hydrogen-bond acceptors (Lipinski definition) is 4. The molecule has 1 aliphatic carbocycles. The minimum absolute atomic E-state index is 0.423. The van der Waals surface area contributed by atoms with E-state index in [4.69, 9.17) is 16.7 Å². The van der Waals surface area contributed by atoms with E-state index in [0.717, 1.165) is 66.8 Å². The molecule has 3 aromatic rings. The molecule has 0 amide bonds. The van der Waals surface area contributed by atoms with Crippen molar-refractivity contribution in [2.24, 2.45) is 0 Å². The third-order valence-electron chi connectivity index (χ3n) is 6.73. The monoisotopic (exact) mass is 410 g/mol. The van der Waals surface area contributed by atoms with Gasteiger partial charge in [0.2, 0.25) is 0 Å². The van der Waals surface area contributed by atoms with E-state index < -0.39 is 0 Å². The molecule has 0 radical (unpaired) electrons. The molecule has 29 heavy (non-hydrogen) atoms. The highest BCUT2D eigenvalue weighted by Crippen LogP contribution is 2.39. The number of nitrogens with one attached hydrogen (secondary N) is 1. The molecule has 2 aromatic heterocycles. The Morgan fingerprint density at radius 3 is 2.55 bits per heavy atom. The molecule has 0 atom stereocenters. The van der Waals surface area contributed by atoms with Gasteiger partial charge in [-0.05, 0) is 75.8 Å². The van der Waals surface area contributed by atoms with E-state index in [2.05, 4.69) is 51.6 Å². The van der Waals surface area contributed by atoms with Crippen molar-refractivity contribution in [1.82, 2.24) is 29.9 Å². The summed E-state index contributed by atoms with van der Waals surface area (Å²) in [6.45, 7) is 7.98. The van der Waals surface area contributed by atoms with Crippen molar-refractivity contribution >= 4 is 11.6 Å². The second-order valence-electron chi connectivity index (χ2n) is 8.43. The van der Waals surface area contributed by atoms with Gasteiger partial charge in [0.1, 0.15) is 5.82 Å². The summed E-state index contributed by atoms with van der Waals surface area (Å²) in [6.07, 6.45) is 4.47. The molecule has 1 saturated carbocycles. The standard InChI is InChI=1S/C22H27ClN6/c1-13-14(2)27-29(15(13)3)19-7-4-16(5-8-19)22-26-25-21-12-24-11-17-10-18(23)6-9-20(17)28(21)22/h6,9-10,16,19,24H,4-5,7-8,11-12H2,1-3H3. The molecule has 7 heteroatoms. The van der Waals surface area contributed by atoms with Gasteiger partial charge in [0, 0.05) is 23.2 Å². The number of aryl methyl sites for hydroxylation is 1. The fraction of sp³-hybridized carbons (Fsp3) is 0.500. The van der Waals surface area contributed by atoms with E-state index in [0.29, 0.717) is 12.0 Å². The lowest BCUT2D eigenvalue weighted by atomic mass is 9.85. The molecule has 0 bridgehead atoms. The smallest absolute Gasteiger partial charge is 0.151 e. The first kappa shape index (κ1) is 18.8. The third-order valence-corrected chi connectivity index (χ3v) is 6.97. The van der Waals surface area contributed by atoms with Gasteiger partial charge >= 0.3 is 0 Å². The van der Waals surface area contributed by atoms with Gasteiger partial charge in [-0.3, -0.25) is 9.25 Å². The first-order valence-electron chi connectivity index (χ1n) is 10.5. The lowest BCUT2D eigenvalue weighted by Gasteiger charge is -2.29. The summed E-state index contributed by atoms with van der Waals surface area (Å²) in [5, 5.41) is 18.2. The normalized spacial score (nSPS) is 21.5. The fourth-order valence-corrected chi connectivity index (χ4v) is 5.07. The minimum atomic E-state index is 0.423. The molecule has 2 aliphatic rings. The van der Waals surface area contributed by atoms with Crippen LogP contribution in [0.2, 0.25) is 5.02 Å². The van der Waals surface area contributed by atoms with Crippen LogP contribution >= 0.6 is 11.6 Å². The van der Waals surface area contributed by atoms with E-state index in [1.807, 2.05) is 12.1 Å². The van der Waals surface area contributed by atoms with Gasteiger partial charge in [-0.1, -0.05) is 11.6 Å². The molecule has 1 aromatic carbocycles. The Morgan fingerprint density at radius 2 is 1.83 bits per heavy atom. The summed E-state index contributed by atoms with van der Waals surface area (Å²) in [5.41, 5.74) is 6.13. The third kappa shape index (κ3) is 3.19. The maximum Gasteiger partial charge on any atom is 0.151 e. The Bertz CT molecular complexity index is 1060. The van der Waals surface area contributed by atoms with Crippen molar-refractivity contribution in [2.75, 3.05) is 0 Å². The second-order valence-corrected chi connectivity index (χ2v) is 8.87. The van der Waals surface area contributed by atoms with E-state index in [1.165, 1.54) is 16.8 Å². The van der Waals surface area contributed by atoms with Crippen LogP contribution in [-0.2, 0) is 13.1 Å². The Kier molecular flexibility index (Phi) is 4.71. The number of benzene rings is 1. The maximum absolute atomic E-state index is 6.24. The van der Waals surface area contributed by atoms with Crippen LogP contribution in [0.1, 0.15) is 71.8 Å². The van der Waals surface area contributed by atoms with Crippen LogP contribution in [0.4, 0.5) is 0 Å². The molecule has 1 N–H and O–H groups in total. The molecule has 1 aliphatic heterocycles. The van der Waals surface area contributed by atoms with E-state index >= 15 is 0 Å². The summed E-state index contributed by atoms with van der Waals surface area (Å²) in [5.74, 6) is 2.50. The number of nitrogens with zero attached hydrogens (tertiary/aromatic N) is 5. The van der Waals surface area contributed by atoms with Gasteiger partial charge in [-0.2, -0.15) is 5.10 Å². The summed E-state index contributed by atoms with van der Waals surface area (Å²) in [7, 11) is 0. The Morgan fingerprint density at radius 1 is 1.03 bits per heavy atom. The first-order chi connectivity index (χ1) is 14.0. The Labute approximate surface area is 176 Å². The lowest BCUT2D eigenvalue weighted by molar-refractivity contribution is 0.292. The summed E-state index contributed by atoms with van der Waals surface area (Å²) in [4.78, 5) is 0. The van der Waals surface area contributed by atoms with E-state index in [1.54, 1.807) is 0 Å². The van der Waals surface area contributed by atoms with E-state index in [9.17, 15) is 0 Å². The predicted molar refractivity (Wildman–Crippen MR) is 114 cm³/mol. The number of halogens is 1. The molecular weight excluding hydrogens is 384 g/mol. The number of hydrogen-bond donors (Lipinski definition) is 1. The van der Waals surface area contributed by atoms with Gasteiger partial charge < -0.3 is 5.32 Å². The highest BCUT2D eigenvalue weighted by atomic mass is 35.5. The van der Waals surface area contributed by atoms with Crippen molar-refractivity contribution in [3.63, 3.8) is 0 Å². The highest BCUT2D eigenvalue weighted by molar-refractivity contribution is 6.30. The van der Waals surface area contributed by atoms with Gasteiger partial charge in [0.15, 0.2) is 5.82 Å². The summed E-state index contributed by atoms with van der Waals surface area (Å²) in [6, 6.07) is 6.59.